The summed E-state index contributed by atoms with van der Waals surface area (Å²) in [5.74, 6) is 0.0778. The van der Waals surface area contributed by atoms with E-state index in [0.29, 0.717) is 48.2 Å². The summed E-state index contributed by atoms with van der Waals surface area (Å²) >= 11 is 0. The van der Waals surface area contributed by atoms with Crippen LogP contribution in [0.4, 0.5) is 5.69 Å². The van der Waals surface area contributed by atoms with E-state index in [1.165, 1.54) is 5.56 Å². The van der Waals surface area contributed by atoms with Crippen LogP contribution >= 0.6 is 0 Å². The van der Waals surface area contributed by atoms with Crippen LogP contribution in [-0.2, 0) is 0 Å². The Bertz CT molecular complexity index is 1520. The van der Waals surface area contributed by atoms with Crippen LogP contribution in [0.5, 0.6) is 5.75 Å². The molecule has 2 aliphatic heterocycles. The van der Waals surface area contributed by atoms with Gasteiger partial charge in [-0.15, -0.1) is 0 Å². The molecule has 8 nitrogen and oxygen atoms in total. The van der Waals surface area contributed by atoms with E-state index in [1.807, 2.05) is 24.1 Å². The Morgan fingerprint density at radius 1 is 1.03 bits per heavy atom. The number of hydrogen-bond acceptors (Lipinski definition) is 5. The number of rotatable bonds is 5. The third-order valence-electron chi connectivity index (χ3n) is 7.24. The number of H-pyrrole nitrogens is 1. The van der Waals surface area contributed by atoms with Gasteiger partial charge in [0, 0.05) is 36.4 Å². The van der Waals surface area contributed by atoms with Gasteiger partial charge >= 0.3 is 0 Å². The highest BCUT2D eigenvalue weighted by Crippen LogP contribution is 2.34. The van der Waals surface area contributed by atoms with E-state index in [2.05, 4.69) is 16.0 Å². The summed E-state index contributed by atoms with van der Waals surface area (Å²) in [5, 5.41) is 1.13. The number of nitrogens with one attached hydrogen (secondary N) is 1. The van der Waals surface area contributed by atoms with E-state index >= 15 is 0 Å². The lowest BCUT2D eigenvalue weighted by Crippen LogP contribution is -2.38. The number of nitrogens with zero attached hydrogens (tertiary/aromatic N) is 3. The molecule has 0 bridgehead atoms. The molecule has 2 aromatic heterocycles. The summed E-state index contributed by atoms with van der Waals surface area (Å²) in [7, 11) is 0. The molecule has 0 spiro atoms. The van der Waals surface area contributed by atoms with E-state index in [9.17, 15) is 14.4 Å². The SMILES string of the molecule is CCOc1ccc(N2C(=O)c3ccc(C(=O)N4CCC(c5c[nH]c6ncccc56)CC4)cc3C2=O)cc1. The van der Waals surface area contributed by atoms with E-state index in [0.717, 1.165) is 28.8 Å². The lowest BCUT2D eigenvalue weighted by Gasteiger charge is -2.32. The molecule has 186 valence electrons. The van der Waals surface area contributed by atoms with Gasteiger partial charge in [-0.2, -0.15) is 0 Å². The predicted molar refractivity (Wildman–Crippen MR) is 139 cm³/mol. The van der Waals surface area contributed by atoms with Crippen LogP contribution < -0.4 is 9.64 Å². The minimum atomic E-state index is -0.425. The number of fused-ring (bicyclic) bond motifs is 2. The third-order valence-corrected chi connectivity index (χ3v) is 7.24. The van der Waals surface area contributed by atoms with Crippen LogP contribution in [-0.4, -0.2) is 52.3 Å². The van der Waals surface area contributed by atoms with Crippen molar-refractivity contribution in [2.24, 2.45) is 0 Å². The number of aromatic amines is 1. The number of aromatic nitrogens is 2. The summed E-state index contributed by atoms with van der Waals surface area (Å²) in [4.78, 5) is 50.1. The molecule has 4 aromatic rings. The molecule has 2 aliphatic rings. The number of likely N-dealkylation sites (tertiary alicyclic amines) is 1. The van der Waals surface area contributed by atoms with Gasteiger partial charge in [0.15, 0.2) is 0 Å². The number of amides is 3. The summed E-state index contributed by atoms with van der Waals surface area (Å²) in [6.45, 7) is 3.67. The zero-order chi connectivity index (χ0) is 25.5. The monoisotopic (exact) mass is 494 g/mol. The van der Waals surface area contributed by atoms with Gasteiger partial charge in [-0.3, -0.25) is 14.4 Å². The van der Waals surface area contributed by atoms with Gasteiger partial charge in [0.2, 0.25) is 0 Å². The van der Waals surface area contributed by atoms with Crippen molar-refractivity contribution >= 4 is 34.4 Å². The maximum absolute atomic E-state index is 13.3. The Morgan fingerprint density at radius 3 is 2.54 bits per heavy atom. The normalized spacial score (nSPS) is 15.9. The largest absolute Gasteiger partial charge is 0.494 e. The molecule has 1 saturated heterocycles. The van der Waals surface area contributed by atoms with Crippen molar-refractivity contribution in [1.82, 2.24) is 14.9 Å². The van der Waals surface area contributed by atoms with Crippen LogP contribution in [0.3, 0.4) is 0 Å². The number of ether oxygens (including phenoxy) is 1. The maximum Gasteiger partial charge on any atom is 0.266 e. The van der Waals surface area contributed by atoms with Gasteiger partial charge in [-0.05, 0) is 85.8 Å². The second-order valence-electron chi connectivity index (χ2n) is 9.34. The van der Waals surface area contributed by atoms with Crippen molar-refractivity contribution < 1.29 is 19.1 Å². The number of carbonyl (C=O) groups is 3. The summed E-state index contributed by atoms with van der Waals surface area (Å²) < 4.78 is 5.45. The lowest BCUT2D eigenvalue weighted by atomic mass is 9.89. The highest BCUT2D eigenvalue weighted by molar-refractivity contribution is 6.34. The fourth-order valence-electron chi connectivity index (χ4n) is 5.36. The molecule has 8 heteroatoms. The molecule has 1 N–H and O–H groups in total. The fraction of sp³-hybridized carbons (Fsp3) is 0.241. The van der Waals surface area contributed by atoms with Crippen molar-refractivity contribution in [2.75, 3.05) is 24.6 Å². The van der Waals surface area contributed by atoms with Crippen LogP contribution in [0.2, 0.25) is 0 Å². The molecule has 1 fully saturated rings. The van der Waals surface area contributed by atoms with Gasteiger partial charge in [-0.25, -0.2) is 9.88 Å². The first-order valence-electron chi connectivity index (χ1n) is 12.5. The standard InChI is InChI=1S/C29H26N4O4/c1-2-37-21-8-6-20(7-9-21)33-28(35)23-10-5-19(16-24(23)29(33)36)27(34)32-14-11-18(12-15-32)25-17-31-26-22(25)4-3-13-30-26/h3-10,13,16-18H,2,11-12,14-15H2,1H3,(H,30,31). The molecule has 2 aromatic carbocycles. The minimum absolute atomic E-state index is 0.124. The highest BCUT2D eigenvalue weighted by atomic mass is 16.5. The van der Waals surface area contributed by atoms with Crippen LogP contribution in [0, 0.1) is 0 Å². The van der Waals surface area contributed by atoms with Gasteiger partial charge in [0.05, 0.1) is 23.4 Å². The molecule has 0 saturated carbocycles. The first kappa shape index (κ1) is 23.0. The molecule has 0 radical (unpaired) electrons. The molecule has 4 heterocycles. The number of anilines is 1. The zero-order valence-electron chi connectivity index (χ0n) is 20.4. The summed E-state index contributed by atoms with van der Waals surface area (Å²) in [5.41, 5.74) is 3.58. The average molecular weight is 495 g/mol. The topological polar surface area (TPSA) is 95.6 Å². The smallest absolute Gasteiger partial charge is 0.266 e. The maximum atomic E-state index is 13.3. The third kappa shape index (κ3) is 3.94. The first-order valence-corrected chi connectivity index (χ1v) is 12.5. The van der Waals surface area contributed by atoms with E-state index < -0.39 is 11.8 Å². The lowest BCUT2D eigenvalue weighted by molar-refractivity contribution is 0.0713. The number of imide groups is 1. The molecule has 37 heavy (non-hydrogen) atoms. The van der Waals surface area contributed by atoms with Crippen molar-refractivity contribution in [3.8, 4) is 5.75 Å². The number of carbonyl (C=O) groups excluding carboxylic acids is 3. The molecular weight excluding hydrogens is 468 g/mol. The Morgan fingerprint density at radius 2 is 1.78 bits per heavy atom. The predicted octanol–water partition coefficient (Wildman–Crippen LogP) is 4.78. The minimum Gasteiger partial charge on any atom is -0.494 e. The quantitative estimate of drug-likeness (QED) is 0.403. The number of piperidine rings is 1. The van der Waals surface area contributed by atoms with E-state index in [4.69, 9.17) is 4.74 Å². The zero-order valence-corrected chi connectivity index (χ0v) is 20.4. The van der Waals surface area contributed by atoms with Crippen molar-refractivity contribution in [2.45, 2.75) is 25.7 Å². The van der Waals surface area contributed by atoms with Crippen molar-refractivity contribution in [3.63, 3.8) is 0 Å². The van der Waals surface area contributed by atoms with Crippen LogP contribution in [0.15, 0.2) is 67.0 Å². The number of pyridine rings is 1. The van der Waals surface area contributed by atoms with E-state index in [1.54, 1.807) is 48.7 Å². The van der Waals surface area contributed by atoms with E-state index in [-0.39, 0.29) is 11.5 Å². The second-order valence-corrected chi connectivity index (χ2v) is 9.34. The molecular formula is C29H26N4O4. The average Bonchev–Trinajstić information content (AvgIpc) is 3.47. The summed E-state index contributed by atoms with van der Waals surface area (Å²) in [6, 6.07) is 15.6. The van der Waals surface area contributed by atoms with Gasteiger partial charge in [0.1, 0.15) is 11.4 Å². The van der Waals surface area contributed by atoms with Crippen LogP contribution in [0.1, 0.15) is 62.3 Å². The van der Waals surface area contributed by atoms with Crippen molar-refractivity contribution in [1.29, 1.82) is 0 Å². The fourth-order valence-corrected chi connectivity index (χ4v) is 5.36. The highest BCUT2D eigenvalue weighted by Gasteiger charge is 2.37. The second kappa shape index (κ2) is 9.20. The molecule has 3 amide bonds. The molecule has 6 rings (SSSR count). The number of benzene rings is 2. The van der Waals surface area contributed by atoms with Gasteiger partial charge in [-0.1, -0.05) is 0 Å². The Hall–Kier alpha value is -4.46. The first-order chi connectivity index (χ1) is 18.0. The van der Waals surface area contributed by atoms with Gasteiger partial charge < -0.3 is 14.6 Å². The Labute approximate surface area is 213 Å². The molecule has 0 unspecified atom stereocenters. The van der Waals surface area contributed by atoms with Crippen molar-refractivity contribution in [3.05, 3.63) is 89.2 Å². The Balaban J connectivity index is 1.17. The van der Waals surface area contributed by atoms with Gasteiger partial charge in [0.25, 0.3) is 17.7 Å². The number of hydrogen-bond donors (Lipinski definition) is 1. The van der Waals surface area contributed by atoms with Crippen LogP contribution in [0.25, 0.3) is 11.0 Å². The Kier molecular flexibility index (Phi) is 5.71. The molecule has 0 atom stereocenters. The summed E-state index contributed by atoms with van der Waals surface area (Å²) in [6.07, 6.45) is 5.50. The molecule has 0 aliphatic carbocycles.